The summed E-state index contributed by atoms with van der Waals surface area (Å²) in [6.45, 7) is 0. The van der Waals surface area contributed by atoms with Gasteiger partial charge >= 0.3 is 0 Å². The number of aliphatic hydroxyl groups is 2. The van der Waals surface area contributed by atoms with E-state index in [1.54, 1.807) is 0 Å². The molecular weight excluding hydrogens is 154 g/mol. The van der Waals surface area contributed by atoms with Gasteiger partial charge in [0, 0.05) is 6.04 Å². The molecule has 0 radical (unpaired) electrons. The zero-order chi connectivity index (χ0) is 6.85. The summed E-state index contributed by atoms with van der Waals surface area (Å²) in [4.78, 5) is 0. The van der Waals surface area contributed by atoms with Gasteiger partial charge in [0.1, 0.15) is 0 Å². The van der Waals surface area contributed by atoms with E-state index in [-0.39, 0.29) is 30.7 Å². The molecule has 2 atom stereocenters. The summed E-state index contributed by atoms with van der Waals surface area (Å²) in [7, 11) is 0. The van der Waals surface area contributed by atoms with Crippen LogP contribution in [-0.4, -0.2) is 28.5 Å². The number of aliphatic hydroxyl groups excluding tert-OH is 2. The lowest BCUT2D eigenvalue weighted by atomic mass is 9.91. The van der Waals surface area contributed by atoms with Crippen LogP contribution in [0.5, 0.6) is 0 Å². The number of halogens is 1. The third-order valence-electron chi connectivity index (χ3n) is 1.69. The van der Waals surface area contributed by atoms with E-state index in [1.807, 2.05) is 0 Å². The van der Waals surface area contributed by atoms with E-state index in [1.165, 1.54) is 0 Å². The normalized spacial score (nSPS) is 40.5. The Balaban J connectivity index is 0.000000810. The van der Waals surface area contributed by atoms with Gasteiger partial charge in [-0.2, -0.15) is 0 Å². The van der Waals surface area contributed by atoms with E-state index in [0.717, 1.165) is 0 Å². The van der Waals surface area contributed by atoms with Crippen molar-refractivity contribution in [2.75, 3.05) is 0 Å². The van der Waals surface area contributed by atoms with Crippen LogP contribution in [0.3, 0.4) is 0 Å². The quantitative estimate of drug-likeness (QED) is 0.462. The van der Waals surface area contributed by atoms with Crippen LogP contribution in [0.15, 0.2) is 0 Å². The highest BCUT2D eigenvalue weighted by molar-refractivity contribution is 5.85. The van der Waals surface area contributed by atoms with Crippen LogP contribution in [0.2, 0.25) is 0 Å². The lowest BCUT2D eigenvalue weighted by Gasteiger charge is -2.26. The smallest absolute Gasteiger partial charge is 0.0579 e. The minimum absolute atomic E-state index is 0. The second-order valence-electron chi connectivity index (χ2n) is 2.77. The number of hydrogen-bond acceptors (Lipinski definition) is 3. The topological polar surface area (TPSA) is 66.5 Å². The lowest BCUT2D eigenvalue weighted by molar-refractivity contribution is 0.0320. The SMILES string of the molecule is Cl.NC1CC(O)CC(O)C1. The highest BCUT2D eigenvalue weighted by Gasteiger charge is 2.23. The molecular formula is C6H14ClNO2. The second kappa shape index (κ2) is 4.13. The maximum atomic E-state index is 9.01. The monoisotopic (exact) mass is 167 g/mol. The lowest BCUT2D eigenvalue weighted by Crippen LogP contribution is -2.37. The van der Waals surface area contributed by atoms with E-state index in [2.05, 4.69) is 0 Å². The molecule has 3 nitrogen and oxygen atoms in total. The zero-order valence-electron chi connectivity index (χ0n) is 5.73. The molecule has 1 fully saturated rings. The number of rotatable bonds is 0. The van der Waals surface area contributed by atoms with Crippen LogP contribution >= 0.6 is 12.4 Å². The Kier molecular flexibility index (Phi) is 4.20. The minimum atomic E-state index is -0.385. The summed E-state index contributed by atoms with van der Waals surface area (Å²) < 4.78 is 0. The molecule has 1 aliphatic carbocycles. The van der Waals surface area contributed by atoms with Gasteiger partial charge in [-0.15, -0.1) is 12.4 Å². The Hall–Kier alpha value is 0.170. The molecule has 1 aliphatic rings. The van der Waals surface area contributed by atoms with E-state index in [4.69, 9.17) is 15.9 Å². The van der Waals surface area contributed by atoms with E-state index >= 15 is 0 Å². The first-order chi connectivity index (χ1) is 4.18. The van der Waals surface area contributed by atoms with Crippen molar-refractivity contribution in [2.24, 2.45) is 5.73 Å². The third-order valence-corrected chi connectivity index (χ3v) is 1.69. The summed E-state index contributed by atoms with van der Waals surface area (Å²) >= 11 is 0. The van der Waals surface area contributed by atoms with Crippen LogP contribution in [0.1, 0.15) is 19.3 Å². The summed E-state index contributed by atoms with van der Waals surface area (Å²) in [5.41, 5.74) is 5.50. The van der Waals surface area contributed by atoms with E-state index < -0.39 is 0 Å². The molecule has 10 heavy (non-hydrogen) atoms. The first kappa shape index (κ1) is 10.2. The Morgan fingerprint density at radius 3 is 1.70 bits per heavy atom. The Labute approximate surface area is 66.6 Å². The Bertz CT molecular complexity index is 76.7. The van der Waals surface area contributed by atoms with Gasteiger partial charge in [-0.3, -0.25) is 0 Å². The molecule has 0 aromatic heterocycles. The van der Waals surface area contributed by atoms with E-state index in [0.29, 0.717) is 19.3 Å². The molecule has 0 aromatic rings. The van der Waals surface area contributed by atoms with Crippen LogP contribution in [0, 0.1) is 0 Å². The van der Waals surface area contributed by atoms with Crippen molar-refractivity contribution in [1.82, 2.24) is 0 Å². The van der Waals surface area contributed by atoms with Gasteiger partial charge in [-0.25, -0.2) is 0 Å². The molecule has 0 saturated heterocycles. The standard InChI is InChI=1S/C6H13NO2.ClH/c7-4-1-5(8)3-6(9)2-4;/h4-6,8-9H,1-3,7H2;1H. The van der Waals surface area contributed by atoms with Crippen molar-refractivity contribution in [3.63, 3.8) is 0 Å². The number of hydrogen-bond donors (Lipinski definition) is 3. The van der Waals surface area contributed by atoms with Crippen molar-refractivity contribution in [2.45, 2.75) is 37.5 Å². The predicted molar refractivity (Wildman–Crippen MR) is 41.1 cm³/mol. The van der Waals surface area contributed by atoms with E-state index in [9.17, 15) is 0 Å². The van der Waals surface area contributed by atoms with Gasteiger partial charge in [0.2, 0.25) is 0 Å². The van der Waals surface area contributed by atoms with Crippen LogP contribution in [0.25, 0.3) is 0 Å². The molecule has 1 saturated carbocycles. The third kappa shape index (κ3) is 2.84. The molecule has 4 heteroatoms. The van der Waals surface area contributed by atoms with Gasteiger partial charge < -0.3 is 15.9 Å². The summed E-state index contributed by atoms with van der Waals surface area (Å²) in [5.74, 6) is 0. The first-order valence-electron chi connectivity index (χ1n) is 3.30. The van der Waals surface area contributed by atoms with Crippen LogP contribution < -0.4 is 5.73 Å². The summed E-state index contributed by atoms with van der Waals surface area (Å²) in [6.07, 6.45) is 0.995. The first-order valence-corrected chi connectivity index (χ1v) is 3.30. The fourth-order valence-corrected chi connectivity index (χ4v) is 1.30. The van der Waals surface area contributed by atoms with Crippen molar-refractivity contribution < 1.29 is 10.2 Å². The fraction of sp³-hybridized carbons (Fsp3) is 1.00. The average Bonchev–Trinajstić information content (AvgIpc) is 1.59. The predicted octanol–water partition coefficient (Wildman–Crippen LogP) is -0.359. The molecule has 0 bridgehead atoms. The van der Waals surface area contributed by atoms with Crippen molar-refractivity contribution >= 4 is 12.4 Å². The fourth-order valence-electron chi connectivity index (χ4n) is 1.30. The molecule has 1 rings (SSSR count). The Morgan fingerprint density at radius 2 is 1.40 bits per heavy atom. The van der Waals surface area contributed by atoms with Gasteiger partial charge in [0.25, 0.3) is 0 Å². The van der Waals surface area contributed by atoms with Crippen molar-refractivity contribution in [1.29, 1.82) is 0 Å². The maximum Gasteiger partial charge on any atom is 0.0579 e. The molecule has 0 heterocycles. The molecule has 0 spiro atoms. The van der Waals surface area contributed by atoms with Gasteiger partial charge in [-0.1, -0.05) is 0 Å². The molecule has 4 N–H and O–H groups in total. The average molecular weight is 168 g/mol. The van der Waals surface area contributed by atoms with Crippen LogP contribution in [0.4, 0.5) is 0 Å². The maximum absolute atomic E-state index is 9.01. The van der Waals surface area contributed by atoms with Gasteiger partial charge in [0.15, 0.2) is 0 Å². The molecule has 0 aliphatic heterocycles. The highest BCUT2D eigenvalue weighted by Crippen LogP contribution is 2.16. The second-order valence-corrected chi connectivity index (χ2v) is 2.77. The summed E-state index contributed by atoms with van der Waals surface area (Å²) in [6, 6.07) is -0.0104. The van der Waals surface area contributed by atoms with Crippen molar-refractivity contribution in [3.8, 4) is 0 Å². The number of nitrogens with two attached hydrogens (primary N) is 1. The highest BCUT2D eigenvalue weighted by atomic mass is 35.5. The van der Waals surface area contributed by atoms with Gasteiger partial charge in [0.05, 0.1) is 12.2 Å². The molecule has 0 amide bonds. The minimum Gasteiger partial charge on any atom is -0.393 e. The molecule has 0 aromatic carbocycles. The summed E-state index contributed by atoms with van der Waals surface area (Å²) in [5, 5.41) is 18.0. The zero-order valence-corrected chi connectivity index (χ0v) is 6.55. The largest absolute Gasteiger partial charge is 0.393 e. The van der Waals surface area contributed by atoms with Gasteiger partial charge in [-0.05, 0) is 19.3 Å². The van der Waals surface area contributed by atoms with Crippen LogP contribution in [-0.2, 0) is 0 Å². The molecule has 62 valence electrons. The molecule has 2 unspecified atom stereocenters. The van der Waals surface area contributed by atoms with Crippen molar-refractivity contribution in [3.05, 3.63) is 0 Å². The Morgan fingerprint density at radius 1 is 1.00 bits per heavy atom.